The smallest absolute Gasteiger partial charge is 0.243 e. The third-order valence-corrected chi connectivity index (χ3v) is 2.84. The highest BCUT2D eigenvalue weighted by molar-refractivity contribution is 5.94. The zero-order valence-corrected chi connectivity index (χ0v) is 12.6. The van der Waals surface area contributed by atoms with Gasteiger partial charge in [-0.15, -0.1) is 0 Å². The van der Waals surface area contributed by atoms with E-state index < -0.39 is 0 Å². The van der Waals surface area contributed by atoms with Crippen molar-refractivity contribution in [3.63, 3.8) is 0 Å². The molecule has 0 spiro atoms. The fraction of sp³-hybridized carbons (Fsp3) is 0.467. The molecular weight excluding hydrogens is 271 g/mol. The minimum Gasteiger partial charge on any atom is -0.356 e. The van der Waals surface area contributed by atoms with Gasteiger partial charge in [-0.3, -0.25) is 9.79 Å². The average Bonchev–Trinajstić information content (AvgIpc) is 2.49. The van der Waals surface area contributed by atoms with Crippen molar-refractivity contribution in [1.82, 2.24) is 10.6 Å². The number of nitrogens with zero attached hydrogens (tertiary/aromatic N) is 1. The molecule has 0 bridgehead atoms. The number of amides is 1. The molecule has 1 aromatic carbocycles. The van der Waals surface area contributed by atoms with Crippen molar-refractivity contribution in [3.05, 3.63) is 30.1 Å². The van der Waals surface area contributed by atoms with Crippen molar-refractivity contribution in [2.75, 3.05) is 25.5 Å². The summed E-state index contributed by atoms with van der Waals surface area (Å²) in [5, 5.41) is 8.74. The maximum absolute atomic E-state index is 12.7. The van der Waals surface area contributed by atoms with E-state index in [1.54, 1.807) is 7.05 Å². The molecule has 0 aliphatic carbocycles. The maximum atomic E-state index is 12.7. The van der Waals surface area contributed by atoms with Crippen LogP contribution in [0.1, 0.15) is 26.2 Å². The molecule has 0 radical (unpaired) electrons. The predicted molar refractivity (Wildman–Crippen MR) is 83.9 cm³/mol. The molecule has 0 saturated carbocycles. The van der Waals surface area contributed by atoms with Crippen molar-refractivity contribution in [2.45, 2.75) is 26.2 Å². The summed E-state index contributed by atoms with van der Waals surface area (Å²) in [4.78, 5) is 15.8. The van der Waals surface area contributed by atoms with Gasteiger partial charge in [-0.1, -0.05) is 19.8 Å². The molecule has 1 aromatic rings. The minimum absolute atomic E-state index is 0.102. The quantitative estimate of drug-likeness (QED) is 0.410. The molecule has 3 N–H and O–H groups in total. The number of unbranched alkanes of at least 4 members (excludes halogenated alkanes) is 2. The number of halogens is 1. The molecule has 116 valence electrons. The van der Waals surface area contributed by atoms with Crippen LogP contribution in [0.25, 0.3) is 0 Å². The Morgan fingerprint density at radius 3 is 2.52 bits per heavy atom. The SMILES string of the molecule is CCCCCNC(=NC)NCC(=O)Nc1ccc(F)cc1. The largest absolute Gasteiger partial charge is 0.356 e. The Hall–Kier alpha value is -2.11. The number of rotatable bonds is 7. The van der Waals surface area contributed by atoms with Crippen LogP contribution in [-0.4, -0.2) is 32.0 Å². The van der Waals surface area contributed by atoms with Crippen LogP contribution < -0.4 is 16.0 Å². The van der Waals surface area contributed by atoms with Crippen LogP contribution in [0.15, 0.2) is 29.3 Å². The maximum Gasteiger partial charge on any atom is 0.243 e. The standard InChI is InChI=1S/C15H23FN4O/c1-3-4-5-10-18-15(17-2)19-11-14(21)20-13-8-6-12(16)7-9-13/h6-9H,3-5,10-11H2,1-2H3,(H,20,21)(H2,17,18,19). The van der Waals surface area contributed by atoms with Gasteiger partial charge in [0, 0.05) is 19.3 Å². The molecule has 21 heavy (non-hydrogen) atoms. The number of hydrogen-bond donors (Lipinski definition) is 3. The molecule has 0 heterocycles. The van der Waals surface area contributed by atoms with E-state index in [2.05, 4.69) is 27.9 Å². The summed E-state index contributed by atoms with van der Waals surface area (Å²) in [6.45, 7) is 3.07. The molecule has 1 rings (SSSR count). The molecule has 0 saturated heterocycles. The van der Waals surface area contributed by atoms with E-state index in [1.165, 1.54) is 24.3 Å². The van der Waals surface area contributed by atoms with Crippen LogP contribution >= 0.6 is 0 Å². The van der Waals surface area contributed by atoms with Gasteiger partial charge in [-0.25, -0.2) is 4.39 Å². The summed E-state index contributed by atoms with van der Waals surface area (Å²) < 4.78 is 12.7. The minimum atomic E-state index is -0.331. The number of hydrogen-bond acceptors (Lipinski definition) is 2. The van der Waals surface area contributed by atoms with Crippen molar-refractivity contribution >= 4 is 17.6 Å². The monoisotopic (exact) mass is 294 g/mol. The summed E-state index contributed by atoms with van der Waals surface area (Å²) in [5.74, 6) is 0.0567. The predicted octanol–water partition coefficient (Wildman–Crippen LogP) is 2.12. The average molecular weight is 294 g/mol. The Kier molecular flexibility index (Phi) is 7.86. The molecule has 0 unspecified atom stereocenters. The Bertz CT molecular complexity index is 459. The van der Waals surface area contributed by atoms with Gasteiger partial charge in [0.25, 0.3) is 0 Å². The van der Waals surface area contributed by atoms with Gasteiger partial charge in [-0.2, -0.15) is 0 Å². The van der Waals surface area contributed by atoms with Crippen LogP contribution in [0.3, 0.4) is 0 Å². The second-order valence-electron chi connectivity index (χ2n) is 4.61. The second kappa shape index (κ2) is 9.74. The topological polar surface area (TPSA) is 65.5 Å². The molecule has 0 aliphatic heterocycles. The second-order valence-corrected chi connectivity index (χ2v) is 4.61. The van der Waals surface area contributed by atoms with Gasteiger partial charge >= 0.3 is 0 Å². The van der Waals surface area contributed by atoms with Crippen molar-refractivity contribution in [2.24, 2.45) is 4.99 Å². The number of guanidine groups is 1. The van der Waals surface area contributed by atoms with Gasteiger partial charge in [0.15, 0.2) is 5.96 Å². The number of anilines is 1. The molecule has 1 amide bonds. The van der Waals surface area contributed by atoms with E-state index in [1.807, 2.05) is 0 Å². The fourth-order valence-corrected chi connectivity index (χ4v) is 1.70. The summed E-state index contributed by atoms with van der Waals surface area (Å²) >= 11 is 0. The Labute approximate surface area is 125 Å². The van der Waals surface area contributed by atoms with Crippen molar-refractivity contribution in [3.8, 4) is 0 Å². The summed E-state index contributed by atoms with van der Waals surface area (Å²) in [6, 6.07) is 5.64. The molecule has 0 atom stereocenters. The lowest BCUT2D eigenvalue weighted by Gasteiger charge is -2.11. The van der Waals surface area contributed by atoms with Crippen LogP contribution in [0, 0.1) is 5.82 Å². The first kappa shape index (κ1) is 16.9. The lowest BCUT2D eigenvalue weighted by atomic mass is 10.2. The zero-order chi connectivity index (χ0) is 15.5. The molecule has 0 fully saturated rings. The first-order valence-electron chi connectivity index (χ1n) is 7.15. The first-order valence-corrected chi connectivity index (χ1v) is 7.15. The van der Waals surface area contributed by atoms with E-state index in [4.69, 9.17) is 0 Å². The summed E-state index contributed by atoms with van der Waals surface area (Å²) in [6.07, 6.45) is 3.39. The number of benzene rings is 1. The van der Waals surface area contributed by atoms with E-state index in [-0.39, 0.29) is 18.3 Å². The lowest BCUT2D eigenvalue weighted by Crippen LogP contribution is -2.41. The highest BCUT2D eigenvalue weighted by Crippen LogP contribution is 2.07. The molecular formula is C15H23FN4O. The van der Waals surface area contributed by atoms with Gasteiger partial charge < -0.3 is 16.0 Å². The zero-order valence-electron chi connectivity index (χ0n) is 12.6. The normalized spacial score (nSPS) is 11.1. The molecule has 5 nitrogen and oxygen atoms in total. The fourth-order valence-electron chi connectivity index (χ4n) is 1.70. The van der Waals surface area contributed by atoms with Gasteiger partial charge in [0.2, 0.25) is 5.91 Å². The highest BCUT2D eigenvalue weighted by Gasteiger charge is 2.04. The van der Waals surface area contributed by atoms with E-state index in [9.17, 15) is 9.18 Å². The van der Waals surface area contributed by atoms with Gasteiger partial charge in [0.05, 0.1) is 6.54 Å². The molecule has 6 heteroatoms. The lowest BCUT2D eigenvalue weighted by molar-refractivity contribution is -0.115. The number of carbonyl (C=O) groups excluding carboxylic acids is 1. The van der Waals surface area contributed by atoms with Crippen LogP contribution in [-0.2, 0) is 4.79 Å². The molecule has 0 aliphatic rings. The van der Waals surface area contributed by atoms with E-state index in [0.29, 0.717) is 11.6 Å². The van der Waals surface area contributed by atoms with Crippen LogP contribution in [0.5, 0.6) is 0 Å². The Morgan fingerprint density at radius 2 is 1.90 bits per heavy atom. The Morgan fingerprint density at radius 1 is 1.19 bits per heavy atom. The van der Waals surface area contributed by atoms with Gasteiger partial charge in [0.1, 0.15) is 5.82 Å². The number of nitrogens with one attached hydrogen (secondary N) is 3. The summed E-state index contributed by atoms with van der Waals surface area (Å²) in [5.41, 5.74) is 0.564. The number of aliphatic imine (C=N–C) groups is 1. The molecule has 0 aromatic heterocycles. The summed E-state index contributed by atoms with van der Waals surface area (Å²) in [7, 11) is 1.66. The van der Waals surface area contributed by atoms with Crippen LogP contribution in [0.4, 0.5) is 10.1 Å². The number of carbonyl (C=O) groups is 1. The first-order chi connectivity index (χ1) is 10.2. The third-order valence-electron chi connectivity index (χ3n) is 2.84. The van der Waals surface area contributed by atoms with E-state index >= 15 is 0 Å². The highest BCUT2D eigenvalue weighted by atomic mass is 19.1. The Balaban J connectivity index is 2.28. The van der Waals surface area contributed by atoms with Crippen molar-refractivity contribution < 1.29 is 9.18 Å². The van der Waals surface area contributed by atoms with Gasteiger partial charge in [-0.05, 0) is 30.7 Å². The third kappa shape index (κ3) is 7.29. The van der Waals surface area contributed by atoms with Crippen molar-refractivity contribution in [1.29, 1.82) is 0 Å². The van der Waals surface area contributed by atoms with E-state index in [0.717, 1.165) is 25.8 Å². The van der Waals surface area contributed by atoms with Crippen LogP contribution in [0.2, 0.25) is 0 Å².